The fourth-order valence-corrected chi connectivity index (χ4v) is 3.01. The van der Waals surface area contributed by atoms with E-state index in [1.807, 2.05) is 42.5 Å². The molecule has 0 aliphatic heterocycles. The molecule has 0 radical (unpaired) electrons. The summed E-state index contributed by atoms with van der Waals surface area (Å²) < 4.78 is 7.84. The van der Waals surface area contributed by atoms with Gasteiger partial charge in [0.25, 0.3) is 0 Å². The van der Waals surface area contributed by atoms with Crippen LogP contribution in [0.15, 0.2) is 59.1 Å². The van der Waals surface area contributed by atoms with E-state index in [0.29, 0.717) is 6.61 Å². The highest BCUT2D eigenvalue weighted by Crippen LogP contribution is 2.29. The van der Waals surface area contributed by atoms with Gasteiger partial charge in [0, 0.05) is 0 Å². The summed E-state index contributed by atoms with van der Waals surface area (Å²) in [6.45, 7) is 0.563. The van der Waals surface area contributed by atoms with E-state index in [0.717, 1.165) is 13.8 Å². The van der Waals surface area contributed by atoms with Crippen LogP contribution in [0.5, 0.6) is 5.75 Å². The molecule has 0 unspecified atom stereocenters. The summed E-state index contributed by atoms with van der Waals surface area (Å²) in [4.78, 5) is 0. The van der Waals surface area contributed by atoms with Crippen LogP contribution in [0.3, 0.4) is 0 Å². The van der Waals surface area contributed by atoms with Crippen molar-refractivity contribution in [1.29, 1.82) is 0 Å². The summed E-state index contributed by atoms with van der Waals surface area (Å²) in [6, 6.07) is 16.2. The van der Waals surface area contributed by atoms with Gasteiger partial charge < -0.3 is 4.74 Å². The van der Waals surface area contributed by atoms with Crippen LogP contribution in [-0.2, 0) is 0 Å². The zero-order chi connectivity index (χ0) is 12.8. The summed E-state index contributed by atoms with van der Waals surface area (Å²) >= 11 is 5.76. The van der Waals surface area contributed by atoms with Crippen LogP contribution < -0.4 is 4.74 Å². The van der Waals surface area contributed by atoms with E-state index in [4.69, 9.17) is 4.74 Å². The van der Waals surface area contributed by atoms with Gasteiger partial charge in [-0.25, -0.2) is 0 Å². The molecule has 0 fully saturated rings. The zero-order valence-electron chi connectivity index (χ0n) is 9.64. The Hall–Kier alpha value is -0.810. The summed E-state index contributed by atoms with van der Waals surface area (Å²) in [6.07, 6.45) is 4.08. The van der Waals surface area contributed by atoms with Gasteiger partial charge in [0.1, 0.15) is 12.4 Å². The van der Waals surface area contributed by atoms with E-state index in [9.17, 15) is 0 Å². The van der Waals surface area contributed by atoms with E-state index in [1.165, 1.54) is 5.56 Å². The third-order valence-electron chi connectivity index (χ3n) is 2.35. The first-order chi connectivity index (χ1) is 8.77. The SMILES string of the molecule is Brc1cccc(I)c1OC/C=C/c1ccccc1. The van der Waals surface area contributed by atoms with Crippen LogP contribution in [0, 0.1) is 3.57 Å². The maximum absolute atomic E-state index is 5.75. The molecule has 3 heteroatoms. The van der Waals surface area contributed by atoms with E-state index >= 15 is 0 Å². The van der Waals surface area contributed by atoms with Crippen LogP contribution in [0.4, 0.5) is 0 Å². The average Bonchev–Trinajstić information content (AvgIpc) is 2.38. The van der Waals surface area contributed by atoms with Gasteiger partial charge in [0.05, 0.1) is 8.04 Å². The zero-order valence-corrected chi connectivity index (χ0v) is 13.4. The Kier molecular flexibility index (Phi) is 5.26. The van der Waals surface area contributed by atoms with Gasteiger partial charge in [-0.15, -0.1) is 0 Å². The standard InChI is InChI=1S/C15H12BrIO/c16-13-9-4-10-14(17)15(13)18-11-5-8-12-6-2-1-3-7-12/h1-10H,11H2/b8-5+. The summed E-state index contributed by atoms with van der Waals surface area (Å²) in [7, 11) is 0. The predicted molar refractivity (Wildman–Crippen MR) is 87.8 cm³/mol. The highest BCUT2D eigenvalue weighted by molar-refractivity contribution is 14.1. The Labute approximate surface area is 129 Å². The lowest BCUT2D eigenvalue weighted by molar-refractivity contribution is 0.358. The molecule has 0 aliphatic carbocycles. The van der Waals surface area contributed by atoms with E-state index < -0.39 is 0 Å². The lowest BCUT2D eigenvalue weighted by Crippen LogP contribution is -1.96. The third-order valence-corrected chi connectivity index (χ3v) is 3.83. The molecule has 0 bridgehead atoms. The molecule has 2 rings (SSSR count). The molecular weight excluding hydrogens is 403 g/mol. The van der Waals surface area contributed by atoms with Gasteiger partial charge in [-0.3, -0.25) is 0 Å². The second-order valence-corrected chi connectivity index (χ2v) is 5.69. The maximum atomic E-state index is 5.75. The van der Waals surface area contributed by atoms with Gasteiger partial charge in [-0.1, -0.05) is 42.5 Å². The minimum Gasteiger partial charge on any atom is -0.487 e. The topological polar surface area (TPSA) is 9.23 Å². The molecule has 0 N–H and O–H groups in total. The Morgan fingerprint density at radius 3 is 2.56 bits per heavy atom. The average molecular weight is 415 g/mol. The summed E-state index contributed by atoms with van der Waals surface area (Å²) in [5.74, 6) is 0.899. The number of para-hydroxylation sites is 1. The van der Waals surface area contributed by atoms with Crippen molar-refractivity contribution in [2.75, 3.05) is 6.61 Å². The van der Waals surface area contributed by atoms with Crippen LogP contribution in [0.2, 0.25) is 0 Å². The number of rotatable bonds is 4. The normalized spacial score (nSPS) is 10.8. The van der Waals surface area contributed by atoms with Gasteiger partial charge in [0.2, 0.25) is 0 Å². The van der Waals surface area contributed by atoms with Crippen molar-refractivity contribution in [2.45, 2.75) is 0 Å². The fraction of sp³-hybridized carbons (Fsp3) is 0.0667. The lowest BCUT2D eigenvalue weighted by Gasteiger charge is -2.07. The first kappa shape index (κ1) is 13.6. The van der Waals surface area contributed by atoms with Crippen molar-refractivity contribution in [3.63, 3.8) is 0 Å². The van der Waals surface area contributed by atoms with Gasteiger partial charge >= 0.3 is 0 Å². The predicted octanol–water partition coefficient (Wildman–Crippen LogP) is 5.15. The molecule has 0 amide bonds. The smallest absolute Gasteiger partial charge is 0.147 e. The Balaban J connectivity index is 1.95. The molecular formula is C15H12BrIO. The Morgan fingerprint density at radius 1 is 1.06 bits per heavy atom. The summed E-state index contributed by atoms with van der Waals surface area (Å²) in [5.41, 5.74) is 1.18. The minimum atomic E-state index is 0.563. The van der Waals surface area contributed by atoms with Crippen molar-refractivity contribution in [1.82, 2.24) is 0 Å². The second-order valence-electron chi connectivity index (χ2n) is 3.67. The second kappa shape index (κ2) is 6.95. The number of halogens is 2. The molecule has 0 heterocycles. The molecule has 18 heavy (non-hydrogen) atoms. The molecule has 0 saturated carbocycles. The number of ether oxygens (including phenoxy) is 1. The molecule has 2 aromatic carbocycles. The largest absolute Gasteiger partial charge is 0.487 e. The molecule has 92 valence electrons. The minimum absolute atomic E-state index is 0.563. The van der Waals surface area contributed by atoms with E-state index in [2.05, 4.69) is 56.7 Å². The molecule has 0 aliphatic rings. The third kappa shape index (κ3) is 3.85. The van der Waals surface area contributed by atoms with E-state index in [1.54, 1.807) is 0 Å². The fourth-order valence-electron chi connectivity index (χ4n) is 1.50. The van der Waals surface area contributed by atoms with Crippen molar-refractivity contribution >= 4 is 44.6 Å². The summed E-state index contributed by atoms with van der Waals surface area (Å²) in [5, 5.41) is 0. The Bertz CT molecular complexity index is 517. The van der Waals surface area contributed by atoms with Crippen molar-refractivity contribution in [2.24, 2.45) is 0 Å². The molecule has 0 aromatic heterocycles. The van der Waals surface area contributed by atoms with Crippen LogP contribution in [0.25, 0.3) is 6.08 Å². The molecule has 1 nitrogen and oxygen atoms in total. The van der Waals surface area contributed by atoms with Crippen LogP contribution in [-0.4, -0.2) is 6.61 Å². The lowest BCUT2D eigenvalue weighted by atomic mass is 10.2. The highest BCUT2D eigenvalue weighted by Gasteiger charge is 2.03. The molecule has 0 saturated heterocycles. The number of benzene rings is 2. The molecule has 2 aromatic rings. The maximum Gasteiger partial charge on any atom is 0.147 e. The van der Waals surface area contributed by atoms with Gasteiger partial charge in [-0.05, 0) is 62.3 Å². The first-order valence-electron chi connectivity index (χ1n) is 5.56. The highest BCUT2D eigenvalue weighted by atomic mass is 127. The molecule has 0 atom stereocenters. The van der Waals surface area contributed by atoms with Gasteiger partial charge in [0.15, 0.2) is 0 Å². The van der Waals surface area contributed by atoms with Crippen LogP contribution in [0.1, 0.15) is 5.56 Å². The van der Waals surface area contributed by atoms with Crippen molar-refractivity contribution < 1.29 is 4.74 Å². The van der Waals surface area contributed by atoms with E-state index in [-0.39, 0.29) is 0 Å². The molecule has 0 spiro atoms. The monoisotopic (exact) mass is 414 g/mol. The van der Waals surface area contributed by atoms with Crippen LogP contribution >= 0.6 is 38.5 Å². The Morgan fingerprint density at radius 2 is 1.83 bits per heavy atom. The quantitative estimate of drug-likeness (QED) is 0.629. The van der Waals surface area contributed by atoms with Gasteiger partial charge in [-0.2, -0.15) is 0 Å². The first-order valence-corrected chi connectivity index (χ1v) is 7.43. The number of hydrogen-bond acceptors (Lipinski definition) is 1. The van der Waals surface area contributed by atoms with Crippen molar-refractivity contribution in [3.05, 3.63) is 68.2 Å². The number of hydrogen-bond donors (Lipinski definition) is 0. The van der Waals surface area contributed by atoms with Crippen molar-refractivity contribution in [3.8, 4) is 5.75 Å².